The van der Waals surface area contributed by atoms with Crippen LogP contribution in [0.4, 0.5) is 0 Å². The summed E-state index contributed by atoms with van der Waals surface area (Å²) in [7, 11) is 8.28. The molecule has 0 atom stereocenters. The number of fused-ring (bicyclic) bond motifs is 4. The van der Waals surface area contributed by atoms with Gasteiger partial charge in [-0.05, 0) is 203 Å². The minimum Gasteiger partial charge on any atom is -0.383 e. The lowest BCUT2D eigenvalue weighted by molar-refractivity contribution is 0.0689. The fourth-order valence-corrected chi connectivity index (χ4v) is 14.8. The van der Waals surface area contributed by atoms with Crippen LogP contribution < -0.4 is 16.0 Å². The van der Waals surface area contributed by atoms with Crippen molar-refractivity contribution in [2.75, 3.05) is 101 Å². The molecule has 9 aromatic heterocycles. The van der Waals surface area contributed by atoms with Crippen molar-refractivity contribution < 1.29 is 43.1 Å². The number of methoxy groups -OCH3 is 1. The Hall–Kier alpha value is -12.7. The average molecular weight is 1550 g/mol. The zero-order valence-corrected chi connectivity index (χ0v) is 66.5. The lowest BCUT2D eigenvalue weighted by Gasteiger charge is -2.30. The van der Waals surface area contributed by atoms with Crippen molar-refractivity contribution in [3.05, 3.63) is 234 Å². The summed E-state index contributed by atoms with van der Waals surface area (Å²) < 4.78 is 12.7. The number of rotatable bonds is 15. The Morgan fingerprint density at radius 3 is 1.03 bits per heavy atom. The minimum atomic E-state index is -0.191. The molecule has 0 saturated carbocycles. The van der Waals surface area contributed by atoms with Crippen LogP contribution in [0.25, 0.3) is 66.9 Å². The van der Waals surface area contributed by atoms with Crippen LogP contribution in [0, 0.1) is 17.8 Å². The van der Waals surface area contributed by atoms with Gasteiger partial charge in [0.15, 0.2) is 0 Å². The number of carbonyl (C=O) groups is 8. The molecule has 0 spiro atoms. The Kier molecular flexibility index (Phi) is 25.7. The Labute approximate surface area is 668 Å². The van der Waals surface area contributed by atoms with Crippen LogP contribution in [-0.4, -0.2) is 216 Å². The van der Waals surface area contributed by atoms with Crippen molar-refractivity contribution in [2.24, 2.45) is 17.8 Å². The van der Waals surface area contributed by atoms with Gasteiger partial charge in [0, 0.05) is 205 Å². The molecule has 26 heteroatoms. The summed E-state index contributed by atoms with van der Waals surface area (Å²) in [5.74, 6) is 1.81. The smallest absolute Gasteiger partial charge is 0.255 e. The molecule has 12 aromatic rings. The van der Waals surface area contributed by atoms with Gasteiger partial charge in [-0.1, -0.05) is 20.8 Å². The molecule has 3 N–H and O–H groups in total. The Balaban J connectivity index is 0.000000134. The molecule has 4 saturated heterocycles. The first kappa shape index (κ1) is 80.3. The van der Waals surface area contributed by atoms with Gasteiger partial charge in [0.05, 0.1) is 46.3 Å². The first-order valence-corrected chi connectivity index (χ1v) is 39.5. The third kappa shape index (κ3) is 18.8. The number of carbonyl (C=O) groups excluding carboxylic acids is 8. The number of hydrogen-bond donors (Lipinski definition) is 3. The lowest BCUT2D eigenvalue weighted by atomic mass is 9.99. The highest BCUT2D eigenvalue weighted by atomic mass is 16.5. The molecular formula is C89H99N17O9. The predicted molar refractivity (Wildman–Crippen MR) is 444 cm³/mol. The van der Waals surface area contributed by atoms with Gasteiger partial charge >= 0.3 is 0 Å². The zero-order valence-electron chi connectivity index (χ0n) is 66.5. The molecule has 0 aliphatic carbocycles. The standard InChI is InChI=1S/C24H28N4O3.C23H26N4O2.C22H24N4O2.C20H21N5O2/c1-17-7-11-27(12-8-17)24(30)20-15-19-9-13-28(22(19)26-16-20)21-5-3-18(4-6-21)23(29)25-10-14-31-2;1-16-8-11-26(12-9-16)23(29)19-14-18-10-13-27(21(18)24-15-19)20-6-4-17(5-7-20)22(28)25(2)3;1-15-7-10-25(11-8-15)22(28)18-13-17-9-12-26(20(17)24-14-18)19-5-3-16(4-6-19)21(27)23-2;1-21-19(26)15-10-17(13-22-11-15)25-8-5-14-9-16(12-23-18(14)25)20(27)24-6-3-2-4-7-24/h3-6,9,13,15-17H,7-8,10-12,14H2,1-2H3,(H,25,29);4-7,10,13-16H,8-9,11-12H2,1-3H3;3-6,9,12-15H,7-8,10-11H2,1-2H3,(H,23,27);5,8-13H,2-4,6-7H2,1H3,(H,21,26). The van der Waals surface area contributed by atoms with E-state index in [0.717, 1.165) is 171 Å². The number of piperidine rings is 4. The average Bonchev–Trinajstić information content (AvgIpc) is 1.68. The number of ether oxygens (including phenoxy) is 1. The van der Waals surface area contributed by atoms with Crippen molar-refractivity contribution in [2.45, 2.75) is 78.6 Å². The second-order valence-electron chi connectivity index (χ2n) is 30.2. The van der Waals surface area contributed by atoms with E-state index in [-0.39, 0.29) is 47.3 Å². The van der Waals surface area contributed by atoms with Gasteiger partial charge in [-0.3, -0.25) is 47.9 Å². The van der Waals surface area contributed by atoms with Crippen molar-refractivity contribution in [3.8, 4) is 22.7 Å². The maximum absolute atomic E-state index is 12.9. The summed E-state index contributed by atoms with van der Waals surface area (Å²) >= 11 is 0. The molecule has 4 fully saturated rings. The number of nitrogens with one attached hydrogen (secondary N) is 3. The number of benzene rings is 3. The van der Waals surface area contributed by atoms with E-state index >= 15 is 0 Å². The molecule has 13 heterocycles. The first-order valence-electron chi connectivity index (χ1n) is 39.5. The predicted octanol–water partition coefficient (Wildman–Crippen LogP) is 12.5. The number of amides is 8. The van der Waals surface area contributed by atoms with Crippen LogP contribution in [0.1, 0.15) is 161 Å². The topological polar surface area (TPSA) is 282 Å². The summed E-state index contributed by atoms with van der Waals surface area (Å²) in [5, 5.41) is 11.7. The highest BCUT2D eigenvalue weighted by molar-refractivity contribution is 6.01. The number of aromatic nitrogens is 9. The monoisotopic (exact) mass is 1550 g/mol. The Bertz CT molecular complexity index is 5480. The van der Waals surface area contributed by atoms with Crippen molar-refractivity contribution in [1.82, 2.24) is 83.6 Å². The maximum Gasteiger partial charge on any atom is 0.255 e. The SMILES string of the molecule is CC1CCN(C(=O)c2cnc3c(ccn3-c3ccc(C(=O)N(C)C)cc3)c2)CC1.CNC(=O)c1ccc(-n2ccc3cc(C(=O)N4CCC(C)CC4)cnc32)cc1.CNC(=O)c1cncc(-n2ccc3cc(C(=O)N4CCCCC4)cnc32)c1.COCCNC(=O)c1ccc(-n2ccc3cc(C(=O)N4CCC(C)CC4)cnc32)cc1. The summed E-state index contributed by atoms with van der Waals surface area (Å²) in [6.07, 6.45) is 27.2. The second-order valence-corrected chi connectivity index (χ2v) is 30.2. The summed E-state index contributed by atoms with van der Waals surface area (Å²) in [6.45, 7) is 14.2. The molecule has 26 nitrogen and oxygen atoms in total. The first-order chi connectivity index (χ1) is 55.7. The third-order valence-corrected chi connectivity index (χ3v) is 21.9. The van der Waals surface area contributed by atoms with Crippen LogP contribution in [-0.2, 0) is 4.74 Å². The summed E-state index contributed by atoms with van der Waals surface area (Å²) in [5.41, 5.74) is 11.4. The number of hydrogen-bond acceptors (Lipinski definition) is 14. The van der Waals surface area contributed by atoms with Gasteiger partial charge < -0.3 is 58.9 Å². The molecule has 0 unspecified atom stereocenters. The molecule has 594 valence electrons. The van der Waals surface area contributed by atoms with Gasteiger partial charge in [-0.25, -0.2) is 19.9 Å². The van der Waals surface area contributed by atoms with E-state index < -0.39 is 0 Å². The Morgan fingerprint density at radius 1 is 0.374 bits per heavy atom. The van der Waals surface area contributed by atoms with E-state index in [1.165, 1.54) is 12.6 Å². The second kappa shape index (κ2) is 36.8. The Morgan fingerprint density at radius 2 is 0.696 bits per heavy atom. The molecule has 0 bridgehead atoms. The molecule has 4 aliphatic heterocycles. The zero-order chi connectivity index (χ0) is 80.8. The molecular weight excluding hydrogens is 1450 g/mol. The molecule has 8 amide bonds. The van der Waals surface area contributed by atoms with Crippen LogP contribution in [0.3, 0.4) is 0 Å². The molecule has 4 aliphatic rings. The molecule has 115 heavy (non-hydrogen) atoms. The fourth-order valence-electron chi connectivity index (χ4n) is 14.8. The largest absolute Gasteiger partial charge is 0.383 e. The highest BCUT2D eigenvalue weighted by Crippen LogP contribution is 2.29. The van der Waals surface area contributed by atoms with Gasteiger partial charge in [-0.2, -0.15) is 0 Å². The van der Waals surface area contributed by atoms with Crippen molar-refractivity contribution >= 4 is 91.4 Å². The number of nitrogens with zero attached hydrogens (tertiary/aromatic N) is 14. The molecule has 0 radical (unpaired) electrons. The van der Waals surface area contributed by atoms with E-state index in [0.29, 0.717) is 75.4 Å². The van der Waals surface area contributed by atoms with Gasteiger partial charge in [0.25, 0.3) is 47.3 Å². The summed E-state index contributed by atoms with van der Waals surface area (Å²) in [4.78, 5) is 131. The normalized spacial score (nSPS) is 14.7. The van der Waals surface area contributed by atoms with Crippen LogP contribution in [0.2, 0.25) is 0 Å². The van der Waals surface area contributed by atoms with Gasteiger partial charge in [0.1, 0.15) is 22.6 Å². The van der Waals surface area contributed by atoms with E-state index in [1.54, 1.807) is 102 Å². The van der Waals surface area contributed by atoms with E-state index in [1.807, 2.05) is 160 Å². The number of pyridine rings is 5. The van der Waals surface area contributed by atoms with Gasteiger partial charge in [0.2, 0.25) is 0 Å². The van der Waals surface area contributed by atoms with E-state index in [2.05, 4.69) is 61.6 Å². The van der Waals surface area contributed by atoms with E-state index in [4.69, 9.17) is 4.74 Å². The van der Waals surface area contributed by atoms with Crippen molar-refractivity contribution in [1.29, 1.82) is 0 Å². The quantitative estimate of drug-likeness (QED) is 0.0805. The maximum atomic E-state index is 12.9. The van der Waals surface area contributed by atoms with Crippen LogP contribution in [0.15, 0.2) is 189 Å². The minimum absolute atomic E-state index is 0.0256. The molecule has 16 rings (SSSR count). The van der Waals surface area contributed by atoms with E-state index in [9.17, 15) is 38.4 Å². The number of likely N-dealkylation sites (tertiary alicyclic amines) is 4. The fraction of sp³-hybridized carbons (Fsp3) is 0.337. The lowest BCUT2D eigenvalue weighted by Crippen LogP contribution is -2.37. The highest BCUT2D eigenvalue weighted by Gasteiger charge is 2.27. The third-order valence-electron chi connectivity index (χ3n) is 21.9. The van der Waals surface area contributed by atoms with Gasteiger partial charge in [-0.15, -0.1) is 0 Å². The van der Waals surface area contributed by atoms with Crippen molar-refractivity contribution in [3.63, 3.8) is 0 Å². The molecule has 3 aromatic carbocycles. The summed E-state index contributed by atoms with van der Waals surface area (Å²) in [6, 6.07) is 39.4. The van der Waals surface area contributed by atoms with Crippen LogP contribution >= 0.6 is 0 Å². The van der Waals surface area contributed by atoms with Crippen LogP contribution in [0.5, 0.6) is 0 Å².